The van der Waals surface area contributed by atoms with Gasteiger partial charge in [0.15, 0.2) is 0 Å². The first-order valence-corrected chi connectivity index (χ1v) is 8.09. The summed E-state index contributed by atoms with van der Waals surface area (Å²) in [4.78, 5) is 0. The van der Waals surface area contributed by atoms with Crippen molar-refractivity contribution < 1.29 is 0 Å². The predicted molar refractivity (Wildman–Crippen MR) is 83.4 cm³/mol. The van der Waals surface area contributed by atoms with Gasteiger partial charge in [-0.2, -0.15) is 0 Å². The summed E-state index contributed by atoms with van der Waals surface area (Å²) in [5.41, 5.74) is 2.10. The van der Waals surface area contributed by atoms with E-state index in [0.29, 0.717) is 5.41 Å². The van der Waals surface area contributed by atoms with Crippen molar-refractivity contribution in [3.63, 3.8) is 0 Å². The molecule has 0 bridgehead atoms. The summed E-state index contributed by atoms with van der Waals surface area (Å²) in [5, 5.41) is 3.61. The third-order valence-corrected chi connectivity index (χ3v) is 4.68. The van der Waals surface area contributed by atoms with Gasteiger partial charge in [0, 0.05) is 6.54 Å². The highest BCUT2D eigenvalue weighted by atomic mass is 14.9. The molecular weight excluding hydrogens is 230 g/mol. The van der Waals surface area contributed by atoms with Gasteiger partial charge in [0.05, 0.1) is 0 Å². The van der Waals surface area contributed by atoms with Crippen molar-refractivity contribution in [1.29, 1.82) is 0 Å². The average Bonchev–Trinajstić information content (AvgIpc) is 2.47. The highest BCUT2D eigenvalue weighted by Crippen LogP contribution is 2.40. The lowest BCUT2D eigenvalue weighted by atomic mass is 9.70. The van der Waals surface area contributed by atoms with Gasteiger partial charge in [0.2, 0.25) is 0 Å². The zero-order valence-corrected chi connectivity index (χ0v) is 12.5. The molecule has 1 saturated carbocycles. The molecule has 19 heavy (non-hydrogen) atoms. The maximum Gasteiger partial charge on any atom is 0.000769 e. The molecule has 106 valence electrons. The fraction of sp³-hybridized carbons (Fsp3) is 0.667. The minimum atomic E-state index is 0.600. The molecule has 0 radical (unpaired) electrons. The molecule has 1 aromatic rings. The van der Waals surface area contributed by atoms with E-state index in [1.165, 1.54) is 63.5 Å². The zero-order valence-electron chi connectivity index (χ0n) is 12.5. The first-order chi connectivity index (χ1) is 9.35. The van der Waals surface area contributed by atoms with Gasteiger partial charge in [-0.05, 0) is 49.6 Å². The van der Waals surface area contributed by atoms with Crippen LogP contribution in [0.15, 0.2) is 30.3 Å². The zero-order chi connectivity index (χ0) is 13.4. The van der Waals surface area contributed by atoms with E-state index in [9.17, 15) is 0 Å². The van der Waals surface area contributed by atoms with E-state index in [0.717, 1.165) is 6.54 Å². The number of rotatable bonds is 7. The SMILES string of the molecule is CCNCC1(CCCc2ccccc2)CCCCC1. The lowest BCUT2D eigenvalue weighted by Crippen LogP contribution is -2.36. The van der Waals surface area contributed by atoms with Crippen molar-refractivity contribution >= 4 is 0 Å². The Labute approximate surface area is 118 Å². The Morgan fingerprint density at radius 2 is 1.79 bits per heavy atom. The largest absolute Gasteiger partial charge is 0.316 e. The van der Waals surface area contributed by atoms with Crippen molar-refractivity contribution in [2.45, 2.75) is 58.3 Å². The van der Waals surface area contributed by atoms with Gasteiger partial charge in [0.25, 0.3) is 0 Å². The summed E-state index contributed by atoms with van der Waals surface area (Å²) in [6.07, 6.45) is 11.2. The molecule has 1 nitrogen and oxygen atoms in total. The molecule has 1 fully saturated rings. The van der Waals surface area contributed by atoms with Crippen molar-refractivity contribution in [2.75, 3.05) is 13.1 Å². The molecule has 0 spiro atoms. The van der Waals surface area contributed by atoms with Crippen LogP contribution >= 0.6 is 0 Å². The van der Waals surface area contributed by atoms with Crippen LogP contribution in [0.3, 0.4) is 0 Å². The van der Waals surface area contributed by atoms with Crippen LogP contribution < -0.4 is 5.32 Å². The van der Waals surface area contributed by atoms with Gasteiger partial charge >= 0.3 is 0 Å². The Morgan fingerprint density at radius 1 is 1.05 bits per heavy atom. The molecule has 1 N–H and O–H groups in total. The van der Waals surface area contributed by atoms with Crippen LogP contribution in [-0.2, 0) is 6.42 Å². The van der Waals surface area contributed by atoms with Crippen LogP contribution in [0, 0.1) is 5.41 Å². The minimum absolute atomic E-state index is 0.600. The van der Waals surface area contributed by atoms with Crippen LogP contribution in [0.4, 0.5) is 0 Å². The molecule has 1 heteroatoms. The summed E-state index contributed by atoms with van der Waals surface area (Å²) in [7, 11) is 0. The van der Waals surface area contributed by atoms with Crippen LogP contribution in [0.2, 0.25) is 0 Å². The molecule has 1 aliphatic carbocycles. The number of hydrogen-bond acceptors (Lipinski definition) is 1. The minimum Gasteiger partial charge on any atom is -0.316 e. The Hall–Kier alpha value is -0.820. The fourth-order valence-electron chi connectivity index (χ4n) is 3.52. The standard InChI is InChI=1S/C18H29N/c1-2-19-16-18(13-7-4-8-14-18)15-9-12-17-10-5-3-6-11-17/h3,5-6,10-11,19H,2,4,7-9,12-16H2,1H3. The summed E-state index contributed by atoms with van der Waals surface area (Å²) >= 11 is 0. The van der Waals surface area contributed by atoms with Gasteiger partial charge in [-0.15, -0.1) is 0 Å². The quantitative estimate of drug-likeness (QED) is 0.756. The van der Waals surface area contributed by atoms with Crippen LogP contribution in [-0.4, -0.2) is 13.1 Å². The smallest absolute Gasteiger partial charge is 0.000769 e. The molecule has 0 aromatic heterocycles. The van der Waals surface area contributed by atoms with Crippen LogP contribution in [0.5, 0.6) is 0 Å². The molecule has 1 aromatic carbocycles. The van der Waals surface area contributed by atoms with E-state index in [-0.39, 0.29) is 0 Å². The van der Waals surface area contributed by atoms with Gasteiger partial charge in [0.1, 0.15) is 0 Å². The molecule has 0 amide bonds. The lowest BCUT2D eigenvalue weighted by molar-refractivity contribution is 0.164. The Morgan fingerprint density at radius 3 is 2.47 bits per heavy atom. The summed E-state index contributed by atoms with van der Waals surface area (Å²) in [6, 6.07) is 10.9. The van der Waals surface area contributed by atoms with E-state index < -0.39 is 0 Å². The molecule has 0 saturated heterocycles. The summed E-state index contributed by atoms with van der Waals surface area (Å²) in [6.45, 7) is 4.57. The van der Waals surface area contributed by atoms with Crippen molar-refractivity contribution in [1.82, 2.24) is 5.32 Å². The van der Waals surface area contributed by atoms with E-state index >= 15 is 0 Å². The number of hydrogen-bond donors (Lipinski definition) is 1. The summed E-state index contributed by atoms with van der Waals surface area (Å²) < 4.78 is 0. The van der Waals surface area contributed by atoms with Crippen LogP contribution in [0.25, 0.3) is 0 Å². The second-order valence-corrected chi connectivity index (χ2v) is 6.18. The van der Waals surface area contributed by atoms with Gasteiger partial charge in [-0.3, -0.25) is 0 Å². The van der Waals surface area contributed by atoms with Gasteiger partial charge in [-0.25, -0.2) is 0 Å². The normalized spacial score (nSPS) is 18.4. The maximum absolute atomic E-state index is 3.61. The predicted octanol–water partition coefficient (Wildman–Crippen LogP) is 4.57. The Balaban J connectivity index is 1.82. The molecule has 0 atom stereocenters. The average molecular weight is 259 g/mol. The number of aryl methyl sites for hydroxylation is 1. The van der Waals surface area contributed by atoms with E-state index in [2.05, 4.69) is 42.6 Å². The molecule has 1 aliphatic rings. The summed E-state index contributed by atoms with van der Waals surface area (Å²) in [5.74, 6) is 0. The lowest BCUT2D eigenvalue weighted by Gasteiger charge is -2.38. The molecule has 0 heterocycles. The molecular formula is C18H29N. The van der Waals surface area contributed by atoms with E-state index in [1.807, 2.05) is 0 Å². The molecule has 0 aliphatic heterocycles. The monoisotopic (exact) mass is 259 g/mol. The molecule has 0 unspecified atom stereocenters. The Bertz CT molecular complexity index is 338. The molecule has 2 rings (SSSR count). The van der Waals surface area contributed by atoms with Crippen LogP contribution in [0.1, 0.15) is 57.4 Å². The third-order valence-electron chi connectivity index (χ3n) is 4.68. The second-order valence-electron chi connectivity index (χ2n) is 6.18. The number of benzene rings is 1. The van der Waals surface area contributed by atoms with Gasteiger partial charge in [-0.1, -0.05) is 56.5 Å². The van der Waals surface area contributed by atoms with E-state index in [4.69, 9.17) is 0 Å². The maximum atomic E-state index is 3.61. The first-order valence-electron chi connectivity index (χ1n) is 8.09. The highest BCUT2D eigenvalue weighted by Gasteiger charge is 2.30. The van der Waals surface area contributed by atoms with Crippen molar-refractivity contribution in [2.24, 2.45) is 5.41 Å². The van der Waals surface area contributed by atoms with Crippen molar-refractivity contribution in [3.8, 4) is 0 Å². The topological polar surface area (TPSA) is 12.0 Å². The van der Waals surface area contributed by atoms with E-state index in [1.54, 1.807) is 0 Å². The van der Waals surface area contributed by atoms with Crippen molar-refractivity contribution in [3.05, 3.63) is 35.9 Å². The Kier molecular flexibility index (Phi) is 5.91. The fourth-order valence-corrected chi connectivity index (χ4v) is 3.52. The first kappa shape index (κ1) is 14.6. The third kappa shape index (κ3) is 4.65. The number of nitrogens with one attached hydrogen (secondary N) is 1. The second kappa shape index (κ2) is 7.69. The van der Waals surface area contributed by atoms with Gasteiger partial charge < -0.3 is 5.32 Å². The highest BCUT2D eigenvalue weighted by molar-refractivity contribution is 5.14.